The summed E-state index contributed by atoms with van der Waals surface area (Å²) in [5.41, 5.74) is 7.31. The number of hydrogen-bond acceptors (Lipinski definition) is 2. The molecule has 90 valence electrons. The fourth-order valence-corrected chi connectivity index (χ4v) is 3.02. The summed E-state index contributed by atoms with van der Waals surface area (Å²) in [5.74, 6) is 2.22. The lowest BCUT2D eigenvalue weighted by atomic mass is 10.0. The van der Waals surface area contributed by atoms with Crippen molar-refractivity contribution in [3.05, 3.63) is 24.3 Å². The van der Waals surface area contributed by atoms with Crippen molar-refractivity contribution in [2.75, 3.05) is 17.7 Å². The van der Waals surface area contributed by atoms with Crippen molar-refractivity contribution in [1.29, 1.82) is 0 Å². The third kappa shape index (κ3) is 1.90. The molecule has 3 heteroatoms. The van der Waals surface area contributed by atoms with Crippen LogP contribution < -0.4 is 10.6 Å². The van der Waals surface area contributed by atoms with Gasteiger partial charge in [0.2, 0.25) is 5.91 Å². The minimum absolute atomic E-state index is 0.251. The maximum atomic E-state index is 12.3. The van der Waals surface area contributed by atoms with E-state index in [0.717, 1.165) is 36.1 Å². The third-order valence-electron chi connectivity index (χ3n) is 4.20. The molecule has 3 rings (SSSR count). The number of nitrogen functional groups attached to an aromatic ring is 1. The van der Waals surface area contributed by atoms with Gasteiger partial charge in [0.1, 0.15) is 0 Å². The van der Waals surface area contributed by atoms with Crippen LogP contribution in [0, 0.1) is 17.8 Å². The highest BCUT2D eigenvalue weighted by atomic mass is 16.2. The number of anilines is 2. The predicted octanol–water partition coefficient (Wildman–Crippen LogP) is 2.28. The largest absolute Gasteiger partial charge is 0.399 e. The molecule has 0 aliphatic heterocycles. The lowest BCUT2D eigenvalue weighted by Crippen LogP contribution is -2.32. The summed E-state index contributed by atoms with van der Waals surface area (Å²) in [6.45, 7) is 0. The van der Waals surface area contributed by atoms with Crippen LogP contribution in [0.1, 0.15) is 19.3 Å². The molecule has 1 aromatic rings. The summed E-state index contributed by atoms with van der Waals surface area (Å²) in [4.78, 5) is 14.1. The average molecular weight is 230 g/mol. The van der Waals surface area contributed by atoms with Gasteiger partial charge < -0.3 is 10.6 Å². The number of hydrogen-bond donors (Lipinski definition) is 1. The maximum absolute atomic E-state index is 12.3. The van der Waals surface area contributed by atoms with Gasteiger partial charge in [0.15, 0.2) is 0 Å². The van der Waals surface area contributed by atoms with Crippen LogP contribution in [0.15, 0.2) is 24.3 Å². The van der Waals surface area contributed by atoms with Gasteiger partial charge in [-0.2, -0.15) is 0 Å². The van der Waals surface area contributed by atoms with Crippen LogP contribution >= 0.6 is 0 Å². The van der Waals surface area contributed by atoms with Gasteiger partial charge >= 0.3 is 0 Å². The first-order chi connectivity index (χ1) is 8.15. The van der Waals surface area contributed by atoms with Crippen LogP contribution in [-0.2, 0) is 4.79 Å². The molecule has 2 atom stereocenters. The third-order valence-corrected chi connectivity index (χ3v) is 4.20. The van der Waals surface area contributed by atoms with Crippen molar-refractivity contribution >= 4 is 17.3 Å². The second-order valence-electron chi connectivity index (χ2n) is 5.41. The predicted molar refractivity (Wildman–Crippen MR) is 68.6 cm³/mol. The van der Waals surface area contributed by atoms with Crippen LogP contribution in [0.5, 0.6) is 0 Å². The Balaban J connectivity index is 1.70. The van der Waals surface area contributed by atoms with Crippen LogP contribution in [-0.4, -0.2) is 13.0 Å². The van der Waals surface area contributed by atoms with E-state index in [1.165, 1.54) is 6.42 Å². The van der Waals surface area contributed by atoms with Gasteiger partial charge in [0.25, 0.3) is 0 Å². The van der Waals surface area contributed by atoms with Crippen molar-refractivity contribution in [2.45, 2.75) is 19.3 Å². The summed E-state index contributed by atoms with van der Waals surface area (Å²) in [5, 5.41) is 0. The molecule has 2 aliphatic carbocycles. The van der Waals surface area contributed by atoms with E-state index in [9.17, 15) is 4.79 Å². The minimum Gasteiger partial charge on any atom is -0.399 e. The quantitative estimate of drug-likeness (QED) is 0.792. The molecule has 0 spiro atoms. The molecule has 1 amide bonds. The van der Waals surface area contributed by atoms with Gasteiger partial charge in [-0.3, -0.25) is 4.79 Å². The van der Waals surface area contributed by atoms with Gasteiger partial charge in [-0.05, 0) is 55.4 Å². The first-order valence-electron chi connectivity index (χ1n) is 6.28. The Kier molecular flexibility index (Phi) is 2.35. The van der Waals surface area contributed by atoms with E-state index >= 15 is 0 Å². The smallest absolute Gasteiger partial charge is 0.229 e. The van der Waals surface area contributed by atoms with E-state index in [2.05, 4.69) is 0 Å². The molecule has 3 nitrogen and oxygen atoms in total. The Hall–Kier alpha value is -1.51. The standard InChI is InChI=1S/C14H18N2O/c1-16(13-4-2-12(15)3-5-13)14(17)11-7-9-6-10(9)8-11/h2-5,9-11H,6-8,15H2,1H3. The fourth-order valence-electron chi connectivity index (χ4n) is 3.02. The van der Waals surface area contributed by atoms with Crippen molar-refractivity contribution in [3.63, 3.8) is 0 Å². The van der Waals surface area contributed by atoms with Gasteiger partial charge in [0.05, 0.1) is 0 Å². The summed E-state index contributed by atoms with van der Waals surface area (Å²) in [7, 11) is 1.86. The number of rotatable bonds is 2. The molecule has 2 aliphatic rings. The zero-order chi connectivity index (χ0) is 12.0. The maximum Gasteiger partial charge on any atom is 0.229 e. The number of carbonyl (C=O) groups is 1. The van der Waals surface area contributed by atoms with Crippen molar-refractivity contribution in [2.24, 2.45) is 17.8 Å². The number of nitrogens with two attached hydrogens (primary N) is 1. The first kappa shape index (κ1) is 10.6. The molecule has 2 unspecified atom stereocenters. The second-order valence-corrected chi connectivity index (χ2v) is 5.41. The molecule has 1 aromatic carbocycles. The molecule has 2 fully saturated rings. The molecule has 0 saturated heterocycles. The van der Waals surface area contributed by atoms with E-state index in [4.69, 9.17) is 5.73 Å². The van der Waals surface area contributed by atoms with Crippen molar-refractivity contribution < 1.29 is 4.79 Å². The average Bonchev–Trinajstić information content (AvgIpc) is 2.95. The second kappa shape index (κ2) is 3.76. The highest BCUT2D eigenvalue weighted by Crippen LogP contribution is 2.54. The summed E-state index contributed by atoms with van der Waals surface area (Å²) >= 11 is 0. The van der Waals surface area contributed by atoms with Crippen LogP contribution in [0.2, 0.25) is 0 Å². The zero-order valence-electron chi connectivity index (χ0n) is 10.1. The number of carbonyl (C=O) groups excluding carboxylic acids is 1. The minimum atomic E-state index is 0.251. The van der Waals surface area contributed by atoms with E-state index in [-0.39, 0.29) is 11.8 Å². The van der Waals surface area contributed by atoms with Crippen molar-refractivity contribution in [1.82, 2.24) is 0 Å². The topological polar surface area (TPSA) is 46.3 Å². The molecule has 2 N–H and O–H groups in total. The molecular formula is C14H18N2O. The molecule has 0 bridgehead atoms. The van der Waals surface area contributed by atoms with Gasteiger partial charge in [-0.1, -0.05) is 0 Å². The summed E-state index contributed by atoms with van der Waals surface area (Å²) < 4.78 is 0. The van der Waals surface area contributed by atoms with E-state index in [1.54, 1.807) is 4.90 Å². The number of nitrogens with zero attached hydrogens (tertiary/aromatic N) is 1. The van der Waals surface area contributed by atoms with Crippen LogP contribution in [0.3, 0.4) is 0 Å². The Morgan fingerprint density at radius 3 is 2.35 bits per heavy atom. The fraction of sp³-hybridized carbons (Fsp3) is 0.500. The number of benzene rings is 1. The van der Waals surface area contributed by atoms with E-state index in [1.807, 2.05) is 31.3 Å². The van der Waals surface area contributed by atoms with E-state index < -0.39 is 0 Å². The lowest BCUT2D eigenvalue weighted by Gasteiger charge is -2.22. The molecule has 0 aromatic heterocycles. The van der Waals surface area contributed by atoms with Crippen LogP contribution in [0.4, 0.5) is 11.4 Å². The first-order valence-corrected chi connectivity index (χ1v) is 6.28. The van der Waals surface area contributed by atoms with Gasteiger partial charge in [-0.25, -0.2) is 0 Å². The summed E-state index contributed by atoms with van der Waals surface area (Å²) in [6.07, 6.45) is 3.56. The SMILES string of the molecule is CN(C(=O)C1CC2CC2C1)c1ccc(N)cc1. The van der Waals surface area contributed by atoms with E-state index in [0.29, 0.717) is 0 Å². The molecule has 17 heavy (non-hydrogen) atoms. The highest BCUT2D eigenvalue weighted by Gasteiger charge is 2.48. The molecule has 0 heterocycles. The van der Waals surface area contributed by atoms with Crippen LogP contribution in [0.25, 0.3) is 0 Å². The van der Waals surface area contributed by atoms with Gasteiger partial charge in [0, 0.05) is 24.3 Å². The normalized spacial score (nSPS) is 29.8. The molecule has 2 saturated carbocycles. The molecular weight excluding hydrogens is 212 g/mol. The Labute approximate surface area is 102 Å². The highest BCUT2D eigenvalue weighted by molar-refractivity contribution is 5.94. The Morgan fingerprint density at radius 1 is 1.18 bits per heavy atom. The lowest BCUT2D eigenvalue weighted by molar-refractivity contribution is -0.122. The van der Waals surface area contributed by atoms with Gasteiger partial charge in [-0.15, -0.1) is 0 Å². The zero-order valence-corrected chi connectivity index (χ0v) is 10.1. The number of fused-ring (bicyclic) bond motifs is 1. The van der Waals surface area contributed by atoms with Crippen molar-refractivity contribution in [3.8, 4) is 0 Å². The monoisotopic (exact) mass is 230 g/mol. The molecule has 0 radical (unpaired) electrons. The number of amides is 1. The Bertz CT molecular complexity index is 430. The summed E-state index contributed by atoms with van der Waals surface area (Å²) in [6, 6.07) is 7.49. The Morgan fingerprint density at radius 2 is 1.76 bits per heavy atom.